The molecule has 0 heterocycles. The molecule has 0 amide bonds. The van der Waals surface area contributed by atoms with Gasteiger partial charge >= 0.3 is 0 Å². The largest absolute Gasteiger partial charge is 0.508 e. The predicted octanol–water partition coefficient (Wildman–Crippen LogP) is 5.37. The van der Waals surface area contributed by atoms with Crippen LogP contribution in [0.4, 0.5) is 0 Å². The van der Waals surface area contributed by atoms with Crippen LogP contribution in [0.25, 0.3) is 0 Å². The fourth-order valence-corrected chi connectivity index (χ4v) is 2.12. The number of unbranched alkanes of at least 4 members (excludes halogenated alkanes) is 3. The van der Waals surface area contributed by atoms with Gasteiger partial charge in [-0.2, -0.15) is 0 Å². The molecule has 0 atom stereocenters. The average Bonchev–Trinajstić information content (AvgIpc) is 2.36. The summed E-state index contributed by atoms with van der Waals surface area (Å²) in [7, 11) is 0. The third-order valence-electron chi connectivity index (χ3n) is 3.34. The Kier molecular flexibility index (Phi) is 8.29. The van der Waals surface area contributed by atoms with Crippen LogP contribution in [0.2, 0.25) is 0 Å². The highest BCUT2D eigenvalue weighted by Crippen LogP contribution is 2.33. The van der Waals surface area contributed by atoms with Gasteiger partial charge < -0.3 is 10.2 Å². The quantitative estimate of drug-likeness (QED) is 0.679. The van der Waals surface area contributed by atoms with Crippen molar-refractivity contribution in [3.63, 3.8) is 0 Å². The highest BCUT2D eigenvalue weighted by atomic mass is 16.3. The van der Waals surface area contributed by atoms with E-state index in [0.717, 1.165) is 12.0 Å². The van der Waals surface area contributed by atoms with Gasteiger partial charge in [-0.15, -0.1) is 0 Å². The molecule has 0 aromatic heterocycles. The predicted molar refractivity (Wildman–Crippen MR) is 82.9 cm³/mol. The van der Waals surface area contributed by atoms with E-state index in [9.17, 15) is 10.2 Å². The maximum Gasteiger partial charge on any atom is 0.119 e. The summed E-state index contributed by atoms with van der Waals surface area (Å²) in [4.78, 5) is 0. The van der Waals surface area contributed by atoms with Crippen LogP contribution >= 0.6 is 0 Å². The van der Waals surface area contributed by atoms with Crippen molar-refractivity contribution in [3.05, 3.63) is 23.8 Å². The zero-order chi connectivity index (χ0) is 14.9. The lowest BCUT2D eigenvalue weighted by molar-refractivity contribution is 0.423. The third kappa shape index (κ3) is 6.51. The number of rotatable bonds is 6. The minimum absolute atomic E-state index is 0.00393. The molecule has 1 aromatic rings. The maximum atomic E-state index is 9.51. The molecule has 2 N–H and O–H groups in total. The zero-order valence-electron chi connectivity index (χ0n) is 13.2. The van der Waals surface area contributed by atoms with Crippen LogP contribution in [-0.4, -0.2) is 10.2 Å². The van der Waals surface area contributed by atoms with E-state index in [1.54, 1.807) is 12.1 Å². The third-order valence-corrected chi connectivity index (χ3v) is 3.34. The fourth-order valence-electron chi connectivity index (χ4n) is 2.12. The summed E-state index contributed by atoms with van der Waals surface area (Å²) in [5.74, 6) is 0.281. The molecule has 0 spiro atoms. The minimum Gasteiger partial charge on any atom is -0.508 e. The van der Waals surface area contributed by atoms with Gasteiger partial charge in [-0.05, 0) is 29.5 Å². The Balaban J connectivity index is 0.00000154. The summed E-state index contributed by atoms with van der Waals surface area (Å²) >= 11 is 0. The van der Waals surface area contributed by atoms with Crippen LogP contribution in [0, 0.1) is 0 Å². The van der Waals surface area contributed by atoms with E-state index in [1.807, 2.05) is 13.8 Å². The Bertz CT molecular complexity index is 336. The monoisotopic (exact) mass is 266 g/mol. The first kappa shape index (κ1) is 17.8. The molecule has 0 unspecified atom stereocenters. The molecule has 0 saturated carbocycles. The summed E-state index contributed by atoms with van der Waals surface area (Å²) < 4.78 is 0. The van der Waals surface area contributed by atoms with E-state index in [0.29, 0.717) is 0 Å². The van der Waals surface area contributed by atoms with Crippen molar-refractivity contribution in [2.75, 3.05) is 0 Å². The van der Waals surface area contributed by atoms with E-state index < -0.39 is 0 Å². The number of aromatic hydroxyl groups is 2. The van der Waals surface area contributed by atoms with Crippen molar-refractivity contribution >= 4 is 0 Å². The van der Waals surface area contributed by atoms with Crippen molar-refractivity contribution < 1.29 is 10.2 Å². The summed E-state index contributed by atoms with van der Waals surface area (Å²) in [6, 6.07) is 4.87. The fraction of sp³-hybridized carbons (Fsp3) is 0.647. The second-order valence-electron chi connectivity index (χ2n) is 5.43. The molecule has 2 heteroatoms. The smallest absolute Gasteiger partial charge is 0.119 e. The summed E-state index contributed by atoms with van der Waals surface area (Å²) in [5, 5.41) is 19.0. The number of hydrogen-bond acceptors (Lipinski definition) is 2. The second kappa shape index (κ2) is 8.84. The standard InChI is InChI=1S/C15H24O2.C2H6/c1-4-5-6-7-8-15(2,3)12-9-13(16)11-14(17)10-12;1-2/h9-11,16-17H,4-8H2,1-3H3;1-2H3. The van der Waals surface area contributed by atoms with Crippen LogP contribution in [0.3, 0.4) is 0 Å². The maximum absolute atomic E-state index is 9.51. The molecule has 1 aromatic carbocycles. The van der Waals surface area contributed by atoms with Crippen molar-refractivity contribution in [3.8, 4) is 11.5 Å². The summed E-state index contributed by atoms with van der Waals surface area (Å²) in [6.45, 7) is 10.5. The molecule has 110 valence electrons. The van der Waals surface area contributed by atoms with Crippen LogP contribution in [0.5, 0.6) is 11.5 Å². The molecule has 0 aliphatic heterocycles. The van der Waals surface area contributed by atoms with Gasteiger partial charge in [0.25, 0.3) is 0 Å². The van der Waals surface area contributed by atoms with Gasteiger partial charge in [-0.25, -0.2) is 0 Å². The Morgan fingerprint density at radius 1 is 0.895 bits per heavy atom. The first-order chi connectivity index (χ1) is 8.95. The number of phenols is 2. The lowest BCUT2D eigenvalue weighted by atomic mass is 9.80. The van der Waals surface area contributed by atoms with Crippen molar-refractivity contribution in [2.45, 2.75) is 72.1 Å². The van der Waals surface area contributed by atoms with E-state index >= 15 is 0 Å². The normalized spacial score (nSPS) is 10.8. The number of phenolic OH excluding ortho intramolecular Hbond substituents is 2. The van der Waals surface area contributed by atoms with Gasteiger partial charge in [0, 0.05) is 6.07 Å². The molecule has 0 saturated heterocycles. The summed E-state index contributed by atoms with van der Waals surface area (Å²) in [5.41, 5.74) is 1.01. The van der Waals surface area contributed by atoms with E-state index in [2.05, 4.69) is 20.8 Å². The number of benzene rings is 1. The summed E-state index contributed by atoms with van der Waals surface area (Å²) in [6.07, 6.45) is 6.05. The highest BCUT2D eigenvalue weighted by molar-refractivity contribution is 5.39. The Morgan fingerprint density at radius 3 is 1.89 bits per heavy atom. The SMILES string of the molecule is CC.CCCCCCC(C)(C)c1cc(O)cc(O)c1. The van der Waals surface area contributed by atoms with E-state index in [1.165, 1.54) is 31.7 Å². The molecule has 2 nitrogen and oxygen atoms in total. The van der Waals surface area contributed by atoms with Crippen molar-refractivity contribution in [1.29, 1.82) is 0 Å². The van der Waals surface area contributed by atoms with Gasteiger partial charge in [-0.1, -0.05) is 60.3 Å². The first-order valence-electron chi connectivity index (χ1n) is 7.49. The topological polar surface area (TPSA) is 40.5 Å². The Morgan fingerprint density at radius 2 is 1.42 bits per heavy atom. The second-order valence-corrected chi connectivity index (χ2v) is 5.43. The van der Waals surface area contributed by atoms with Crippen molar-refractivity contribution in [1.82, 2.24) is 0 Å². The lowest BCUT2D eigenvalue weighted by Crippen LogP contribution is -2.16. The van der Waals surface area contributed by atoms with E-state index in [-0.39, 0.29) is 16.9 Å². The molecule has 19 heavy (non-hydrogen) atoms. The molecule has 0 aliphatic carbocycles. The van der Waals surface area contributed by atoms with Crippen LogP contribution in [0.1, 0.15) is 72.3 Å². The molecule has 0 bridgehead atoms. The Hall–Kier alpha value is -1.18. The molecule has 0 fully saturated rings. The van der Waals surface area contributed by atoms with Gasteiger partial charge in [0.1, 0.15) is 11.5 Å². The molecular formula is C17H30O2. The van der Waals surface area contributed by atoms with Gasteiger partial charge in [0.15, 0.2) is 0 Å². The van der Waals surface area contributed by atoms with Crippen LogP contribution < -0.4 is 0 Å². The van der Waals surface area contributed by atoms with Gasteiger partial charge in [-0.3, -0.25) is 0 Å². The number of hydrogen-bond donors (Lipinski definition) is 2. The zero-order valence-corrected chi connectivity index (χ0v) is 13.2. The molecule has 0 aliphatic rings. The minimum atomic E-state index is 0.00393. The molecule has 1 rings (SSSR count). The lowest BCUT2D eigenvalue weighted by Gasteiger charge is -2.25. The van der Waals surface area contributed by atoms with Gasteiger partial charge in [0.2, 0.25) is 0 Å². The highest BCUT2D eigenvalue weighted by Gasteiger charge is 2.21. The van der Waals surface area contributed by atoms with Crippen LogP contribution in [-0.2, 0) is 5.41 Å². The van der Waals surface area contributed by atoms with Gasteiger partial charge in [0.05, 0.1) is 0 Å². The Labute approximate surface area is 118 Å². The van der Waals surface area contributed by atoms with E-state index in [4.69, 9.17) is 0 Å². The first-order valence-corrected chi connectivity index (χ1v) is 7.49. The molecular weight excluding hydrogens is 236 g/mol. The average molecular weight is 266 g/mol. The van der Waals surface area contributed by atoms with Crippen molar-refractivity contribution in [2.24, 2.45) is 0 Å². The molecule has 0 radical (unpaired) electrons. The van der Waals surface area contributed by atoms with Crippen LogP contribution in [0.15, 0.2) is 18.2 Å².